The molecule has 0 saturated carbocycles. The van der Waals surface area contributed by atoms with E-state index in [1.807, 2.05) is 30.5 Å². The summed E-state index contributed by atoms with van der Waals surface area (Å²) in [7, 11) is 0. The van der Waals surface area contributed by atoms with E-state index in [2.05, 4.69) is 10.2 Å². The number of aryl methyl sites for hydroxylation is 2. The van der Waals surface area contributed by atoms with Gasteiger partial charge in [0, 0.05) is 17.6 Å². The minimum Gasteiger partial charge on any atom is -0.476 e. The predicted octanol–water partition coefficient (Wildman–Crippen LogP) is 1.52. The van der Waals surface area contributed by atoms with Crippen molar-refractivity contribution in [1.82, 2.24) is 14.8 Å². The Balaban J connectivity index is 2.64. The molecule has 0 aliphatic heterocycles. The zero-order valence-corrected chi connectivity index (χ0v) is 8.48. The number of rotatable bonds is 2. The van der Waals surface area contributed by atoms with Crippen LogP contribution in [0.5, 0.6) is 0 Å². The van der Waals surface area contributed by atoms with Crippen LogP contribution in [0.15, 0.2) is 18.3 Å². The van der Waals surface area contributed by atoms with E-state index in [1.54, 1.807) is 6.20 Å². The van der Waals surface area contributed by atoms with Gasteiger partial charge >= 0.3 is 5.97 Å². The summed E-state index contributed by atoms with van der Waals surface area (Å²) in [6.45, 7) is 3.84. The van der Waals surface area contributed by atoms with Crippen LogP contribution in [0.2, 0.25) is 0 Å². The lowest BCUT2D eigenvalue weighted by Crippen LogP contribution is -2.06. The molecule has 2 heterocycles. The Hall–Kier alpha value is -2.04. The fraction of sp³-hybridized carbons (Fsp3) is 0.200. The van der Waals surface area contributed by atoms with Gasteiger partial charge in [-0.3, -0.25) is 5.10 Å². The lowest BCUT2D eigenvalue weighted by Gasteiger charge is -2.06. The fourth-order valence-electron chi connectivity index (χ4n) is 1.66. The number of carboxylic acids is 1. The van der Waals surface area contributed by atoms with E-state index in [4.69, 9.17) is 5.11 Å². The Morgan fingerprint density at radius 2 is 2.00 bits per heavy atom. The van der Waals surface area contributed by atoms with Crippen LogP contribution in [0.1, 0.15) is 21.9 Å². The van der Waals surface area contributed by atoms with Crippen LogP contribution in [-0.4, -0.2) is 25.8 Å². The molecule has 0 saturated heterocycles. The van der Waals surface area contributed by atoms with Crippen LogP contribution in [0.3, 0.4) is 0 Å². The second kappa shape index (κ2) is 3.27. The van der Waals surface area contributed by atoms with Crippen molar-refractivity contribution in [2.45, 2.75) is 13.8 Å². The van der Waals surface area contributed by atoms with Crippen molar-refractivity contribution in [2.75, 3.05) is 0 Å². The zero-order chi connectivity index (χ0) is 11.0. The molecule has 0 aliphatic rings. The molecule has 5 heteroatoms. The SMILES string of the molecule is Cc1ccc(C)n1-c1c[nH]nc1C(=O)O. The standard InChI is InChI=1S/C10H11N3O2/c1-6-3-4-7(2)13(6)8-5-11-12-9(8)10(14)15/h3-5H,1-2H3,(H,11,12)(H,14,15). The van der Waals surface area contributed by atoms with Crippen molar-refractivity contribution in [2.24, 2.45) is 0 Å². The number of nitrogens with zero attached hydrogens (tertiary/aromatic N) is 2. The van der Waals surface area contributed by atoms with Gasteiger partial charge in [0.25, 0.3) is 0 Å². The summed E-state index contributed by atoms with van der Waals surface area (Å²) >= 11 is 0. The molecule has 5 nitrogen and oxygen atoms in total. The van der Waals surface area contributed by atoms with Gasteiger partial charge in [0.15, 0.2) is 5.69 Å². The van der Waals surface area contributed by atoms with Gasteiger partial charge in [-0.15, -0.1) is 0 Å². The maximum Gasteiger partial charge on any atom is 0.358 e. The predicted molar refractivity (Wildman–Crippen MR) is 54.3 cm³/mol. The molecule has 2 N–H and O–H groups in total. The Kier molecular flexibility index (Phi) is 2.07. The molecule has 78 valence electrons. The second-order valence-corrected chi connectivity index (χ2v) is 3.38. The Bertz CT molecular complexity index is 491. The average Bonchev–Trinajstić information content (AvgIpc) is 2.73. The monoisotopic (exact) mass is 205 g/mol. The number of nitrogens with one attached hydrogen (secondary N) is 1. The van der Waals surface area contributed by atoms with Gasteiger partial charge in [-0.05, 0) is 26.0 Å². The van der Waals surface area contributed by atoms with E-state index in [0.717, 1.165) is 11.4 Å². The van der Waals surface area contributed by atoms with Crippen LogP contribution < -0.4 is 0 Å². The van der Waals surface area contributed by atoms with E-state index < -0.39 is 5.97 Å². The van der Waals surface area contributed by atoms with E-state index in [0.29, 0.717) is 5.69 Å². The molecule has 0 fully saturated rings. The highest BCUT2D eigenvalue weighted by Crippen LogP contribution is 2.18. The Labute approximate surface area is 86.4 Å². The molecule has 0 aliphatic carbocycles. The molecule has 0 radical (unpaired) electrons. The average molecular weight is 205 g/mol. The second-order valence-electron chi connectivity index (χ2n) is 3.38. The fourth-order valence-corrected chi connectivity index (χ4v) is 1.66. The maximum atomic E-state index is 10.9. The van der Waals surface area contributed by atoms with E-state index in [1.165, 1.54) is 0 Å². The molecule has 15 heavy (non-hydrogen) atoms. The molecular weight excluding hydrogens is 194 g/mol. The van der Waals surface area contributed by atoms with Crippen molar-refractivity contribution in [3.8, 4) is 5.69 Å². The van der Waals surface area contributed by atoms with Crippen LogP contribution in [-0.2, 0) is 0 Å². The van der Waals surface area contributed by atoms with Crippen LogP contribution in [0, 0.1) is 13.8 Å². The molecule has 0 spiro atoms. The number of aromatic amines is 1. The van der Waals surface area contributed by atoms with E-state index >= 15 is 0 Å². The summed E-state index contributed by atoms with van der Waals surface area (Å²) < 4.78 is 1.85. The normalized spacial score (nSPS) is 10.5. The minimum atomic E-state index is -1.03. The molecule has 0 amide bonds. The van der Waals surface area contributed by atoms with Gasteiger partial charge in [0.1, 0.15) is 0 Å². The summed E-state index contributed by atoms with van der Waals surface area (Å²) in [6.07, 6.45) is 1.59. The Morgan fingerprint density at radius 3 is 2.53 bits per heavy atom. The first kappa shape index (κ1) is 9.51. The molecule has 2 aromatic heterocycles. The number of aromatic carboxylic acids is 1. The van der Waals surface area contributed by atoms with Crippen molar-refractivity contribution < 1.29 is 9.90 Å². The Morgan fingerprint density at radius 1 is 1.40 bits per heavy atom. The number of carboxylic acid groups (broad SMARTS) is 1. The summed E-state index contributed by atoms with van der Waals surface area (Å²) in [6, 6.07) is 3.88. The number of carbonyl (C=O) groups is 1. The first-order chi connectivity index (χ1) is 7.11. The van der Waals surface area contributed by atoms with Gasteiger partial charge < -0.3 is 9.67 Å². The third-order valence-electron chi connectivity index (χ3n) is 2.33. The van der Waals surface area contributed by atoms with Crippen molar-refractivity contribution in [1.29, 1.82) is 0 Å². The van der Waals surface area contributed by atoms with Gasteiger partial charge in [-0.25, -0.2) is 4.79 Å². The molecule has 0 aromatic carbocycles. The number of hydrogen-bond donors (Lipinski definition) is 2. The summed E-state index contributed by atoms with van der Waals surface area (Å²) in [4.78, 5) is 10.9. The van der Waals surface area contributed by atoms with Crippen molar-refractivity contribution in [3.05, 3.63) is 35.4 Å². The third kappa shape index (κ3) is 1.41. The zero-order valence-electron chi connectivity index (χ0n) is 8.48. The quantitative estimate of drug-likeness (QED) is 0.780. The van der Waals surface area contributed by atoms with Crippen LogP contribution in [0.25, 0.3) is 5.69 Å². The number of H-pyrrole nitrogens is 1. The highest BCUT2D eigenvalue weighted by Gasteiger charge is 2.16. The molecule has 2 rings (SSSR count). The molecule has 0 bridgehead atoms. The van der Waals surface area contributed by atoms with Crippen molar-refractivity contribution >= 4 is 5.97 Å². The van der Waals surface area contributed by atoms with E-state index in [-0.39, 0.29) is 5.69 Å². The van der Waals surface area contributed by atoms with Crippen LogP contribution in [0.4, 0.5) is 0 Å². The largest absolute Gasteiger partial charge is 0.476 e. The van der Waals surface area contributed by atoms with Crippen LogP contribution >= 0.6 is 0 Å². The maximum absolute atomic E-state index is 10.9. The van der Waals surface area contributed by atoms with Crippen molar-refractivity contribution in [3.63, 3.8) is 0 Å². The van der Waals surface area contributed by atoms with Gasteiger partial charge in [-0.2, -0.15) is 5.10 Å². The smallest absolute Gasteiger partial charge is 0.358 e. The molecule has 2 aromatic rings. The lowest BCUT2D eigenvalue weighted by molar-refractivity contribution is 0.0690. The highest BCUT2D eigenvalue weighted by atomic mass is 16.4. The number of hydrogen-bond acceptors (Lipinski definition) is 2. The van der Waals surface area contributed by atoms with Gasteiger partial charge in [0.2, 0.25) is 0 Å². The topological polar surface area (TPSA) is 70.9 Å². The number of aromatic nitrogens is 3. The molecule has 0 unspecified atom stereocenters. The summed E-state index contributed by atoms with van der Waals surface area (Å²) in [5.41, 5.74) is 2.58. The van der Waals surface area contributed by atoms with Gasteiger partial charge in [-0.1, -0.05) is 0 Å². The first-order valence-electron chi connectivity index (χ1n) is 4.53. The minimum absolute atomic E-state index is 0.0393. The lowest BCUT2D eigenvalue weighted by atomic mass is 10.3. The third-order valence-corrected chi connectivity index (χ3v) is 2.33. The summed E-state index contributed by atoms with van der Waals surface area (Å²) in [5, 5.41) is 15.2. The summed E-state index contributed by atoms with van der Waals surface area (Å²) in [5.74, 6) is -1.03. The highest BCUT2D eigenvalue weighted by molar-refractivity contribution is 5.89. The van der Waals surface area contributed by atoms with Gasteiger partial charge in [0.05, 0.1) is 5.69 Å². The first-order valence-corrected chi connectivity index (χ1v) is 4.53. The molecule has 0 atom stereocenters. The molecular formula is C10H11N3O2. The van der Waals surface area contributed by atoms with E-state index in [9.17, 15) is 4.79 Å².